The van der Waals surface area contributed by atoms with Gasteiger partial charge in [0.15, 0.2) is 12.4 Å². The van der Waals surface area contributed by atoms with E-state index in [0.29, 0.717) is 5.56 Å². The SMILES string of the molecule is C[n+]1cccc(C(=O)N/N=C2\C=C(c3ccccc3)C(C)(c3ccccc3)C2)c1.Cc1ccc(S(=O)(=O)O)cc1. The number of carbonyl (C=O) groups is 1. The standard InChI is InChI=1S/C25H23N3O.C7H8O3S/c1-25(21-13-7-4-8-14-21)17-22(16-23(25)19-10-5-3-6-11-19)26-27-24(29)20-12-9-15-28(2)18-20;1-6-2-4-7(5-3-6)11(8,9)10/h3-16,18H,17H2,1-2H3;2-5H,1H3,(H,8,9,10)/p+1/b26-22+;. The minimum Gasteiger partial charge on any atom is -0.282 e. The van der Waals surface area contributed by atoms with Gasteiger partial charge in [0.2, 0.25) is 0 Å². The fourth-order valence-corrected chi connectivity index (χ4v) is 5.09. The van der Waals surface area contributed by atoms with Crippen LogP contribution in [0.15, 0.2) is 126 Å². The second-order valence-electron chi connectivity index (χ2n) is 9.89. The van der Waals surface area contributed by atoms with Crippen LogP contribution in [-0.2, 0) is 22.6 Å². The molecule has 204 valence electrons. The third-order valence-corrected chi connectivity index (χ3v) is 7.63. The van der Waals surface area contributed by atoms with Crippen LogP contribution < -0.4 is 9.99 Å². The van der Waals surface area contributed by atoms with E-state index in [1.807, 2.05) is 55.1 Å². The van der Waals surface area contributed by atoms with Crippen LogP contribution in [0.3, 0.4) is 0 Å². The van der Waals surface area contributed by atoms with E-state index >= 15 is 0 Å². The quantitative estimate of drug-likeness (QED) is 0.199. The van der Waals surface area contributed by atoms with Crippen LogP contribution in [-0.4, -0.2) is 24.6 Å². The van der Waals surface area contributed by atoms with Crippen LogP contribution in [0.5, 0.6) is 0 Å². The topological polar surface area (TPSA) is 99.7 Å². The summed E-state index contributed by atoms with van der Waals surface area (Å²) in [5.41, 5.74) is 8.54. The molecule has 4 aromatic rings. The van der Waals surface area contributed by atoms with Crippen LogP contribution >= 0.6 is 0 Å². The Bertz CT molecular complexity index is 1650. The maximum Gasteiger partial charge on any atom is 0.294 e. The lowest BCUT2D eigenvalue weighted by Crippen LogP contribution is -2.30. The molecule has 1 heterocycles. The molecule has 0 aliphatic heterocycles. The lowest BCUT2D eigenvalue weighted by atomic mass is 9.74. The van der Waals surface area contributed by atoms with Crippen LogP contribution in [0.4, 0.5) is 0 Å². The predicted octanol–water partition coefficient (Wildman–Crippen LogP) is 5.28. The van der Waals surface area contributed by atoms with Crippen LogP contribution in [0.25, 0.3) is 5.57 Å². The molecule has 5 rings (SSSR count). The van der Waals surface area contributed by atoms with Crippen molar-refractivity contribution in [2.75, 3.05) is 0 Å². The van der Waals surface area contributed by atoms with E-state index in [0.717, 1.165) is 17.7 Å². The van der Waals surface area contributed by atoms with Crippen molar-refractivity contribution in [2.45, 2.75) is 30.6 Å². The number of allylic oxidation sites excluding steroid dienone is 2. The maximum atomic E-state index is 12.5. The first kappa shape index (κ1) is 28.6. The zero-order valence-corrected chi connectivity index (χ0v) is 23.5. The number of nitrogens with zero attached hydrogens (tertiary/aromatic N) is 2. The fraction of sp³-hybridized carbons (Fsp3) is 0.156. The molecule has 0 bridgehead atoms. The van der Waals surface area contributed by atoms with Crippen LogP contribution in [0.1, 0.15) is 40.4 Å². The number of aryl methyl sites for hydroxylation is 2. The lowest BCUT2D eigenvalue weighted by molar-refractivity contribution is -0.671. The maximum absolute atomic E-state index is 12.5. The fourth-order valence-electron chi connectivity index (χ4n) is 4.61. The van der Waals surface area contributed by atoms with Crippen molar-refractivity contribution in [1.82, 2.24) is 5.43 Å². The second kappa shape index (κ2) is 12.2. The monoisotopic (exact) mass is 554 g/mol. The average Bonchev–Trinajstić information content (AvgIpc) is 3.30. The highest BCUT2D eigenvalue weighted by atomic mass is 32.2. The average molecular weight is 555 g/mol. The summed E-state index contributed by atoms with van der Waals surface area (Å²) >= 11 is 0. The van der Waals surface area contributed by atoms with Gasteiger partial charge in [0, 0.05) is 17.9 Å². The first-order valence-electron chi connectivity index (χ1n) is 12.8. The molecular formula is C32H32N3O4S+. The molecule has 1 aromatic heterocycles. The van der Waals surface area contributed by atoms with Gasteiger partial charge in [-0.3, -0.25) is 9.35 Å². The summed E-state index contributed by atoms with van der Waals surface area (Å²) in [6.45, 7) is 4.08. The van der Waals surface area contributed by atoms with E-state index in [2.05, 4.69) is 59.9 Å². The molecule has 0 spiro atoms. The smallest absolute Gasteiger partial charge is 0.282 e. The molecule has 0 fully saturated rings. The molecule has 0 saturated heterocycles. The van der Waals surface area contributed by atoms with E-state index in [1.54, 1.807) is 24.4 Å². The van der Waals surface area contributed by atoms with Crippen LogP contribution in [0.2, 0.25) is 0 Å². The van der Waals surface area contributed by atoms with Crippen molar-refractivity contribution >= 4 is 27.3 Å². The summed E-state index contributed by atoms with van der Waals surface area (Å²) < 4.78 is 31.4. The Kier molecular flexibility index (Phi) is 8.72. The highest BCUT2D eigenvalue weighted by Gasteiger charge is 2.38. The number of hydrogen-bond donors (Lipinski definition) is 2. The largest absolute Gasteiger partial charge is 0.294 e. The van der Waals surface area contributed by atoms with Gasteiger partial charge in [0.1, 0.15) is 12.6 Å². The normalized spacial score (nSPS) is 17.5. The third kappa shape index (κ3) is 6.97. The van der Waals surface area contributed by atoms with Gasteiger partial charge in [-0.1, -0.05) is 85.3 Å². The number of nitrogens with one attached hydrogen (secondary N) is 1. The Morgan fingerprint density at radius 3 is 2.15 bits per heavy atom. The summed E-state index contributed by atoms with van der Waals surface area (Å²) in [5, 5.41) is 4.46. The van der Waals surface area contributed by atoms with Gasteiger partial charge in [-0.25, -0.2) is 9.99 Å². The van der Waals surface area contributed by atoms with E-state index in [1.165, 1.54) is 28.8 Å². The van der Waals surface area contributed by atoms with Crippen molar-refractivity contribution in [3.05, 3.63) is 138 Å². The van der Waals surface area contributed by atoms with Gasteiger partial charge in [0.05, 0.1) is 10.6 Å². The Morgan fingerprint density at radius 1 is 0.925 bits per heavy atom. The molecule has 0 saturated carbocycles. The Balaban J connectivity index is 0.000000283. The van der Waals surface area contributed by atoms with E-state index in [4.69, 9.17) is 4.55 Å². The molecule has 0 radical (unpaired) electrons. The Labute approximate surface area is 235 Å². The number of hydrogen-bond acceptors (Lipinski definition) is 4. The summed E-state index contributed by atoms with van der Waals surface area (Å²) in [6.07, 6.45) is 6.50. The minimum absolute atomic E-state index is 0.0666. The Morgan fingerprint density at radius 2 is 1.55 bits per heavy atom. The molecule has 1 amide bonds. The zero-order chi connectivity index (χ0) is 28.8. The number of pyridine rings is 1. The number of benzene rings is 3. The van der Waals surface area contributed by atoms with Crippen molar-refractivity contribution in [3.8, 4) is 0 Å². The molecule has 2 N–H and O–H groups in total. The zero-order valence-electron chi connectivity index (χ0n) is 22.7. The molecule has 7 nitrogen and oxygen atoms in total. The first-order chi connectivity index (χ1) is 19.1. The number of hydrazone groups is 1. The number of amides is 1. The van der Waals surface area contributed by atoms with Crippen LogP contribution in [0, 0.1) is 6.92 Å². The summed E-state index contributed by atoms with van der Waals surface area (Å²) in [7, 11) is -2.13. The van der Waals surface area contributed by atoms with Gasteiger partial charge in [-0.15, -0.1) is 0 Å². The number of rotatable bonds is 5. The van der Waals surface area contributed by atoms with Gasteiger partial charge in [0.25, 0.3) is 16.0 Å². The molecule has 1 unspecified atom stereocenters. The predicted molar refractivity (Wildman–Crippen MR) is 156 cm³/mol. The highest BCUT2D eigenvalue weighted by molar-refractivity contribution is 7.85. The summed E-state index contributed by atoms with van der Waals surface area (Å²) in [6, 6.07) is 30.5. The first-order valence-corrected chi connectivity index (χ1v) is 14.2. The molecule has 1 aliphatic rings. The van der Waals surface area contributed by atoms with Crippen molar-refractivity contribution in [3.63, 3.8) is 0 Å². The van der Waals surface area contributed by atoms with Gasteiger partial charge in [-0.2, -0.15) is 13.5 Å². The minimum atomic E-state index is -4.02. The summed E-state index contributed by atoms with van der Waals surface area (Å²) in [4.78, 5) is 12.4. The van der Waals surface area contributed by atoms with E-state index in [9.17, 15) is 13.2 Å². The molecule has 1 aliphatic carbocycles. The Hall–Kier alpha value is -4.40. The van der Waals surface area contributed by atoms with Gasteiger partial charge < -0.3 is 0 Å². The number of aromatic nitrogens is 1. The summed E-state index contributed by atoms with van der Waals surface area (Å²) in [5.74, 6) is -0.211. The molecular weight excluding hydrogens is 522 g/mol. The lowest BCUT2D eigenvalue weighted by Gasteiger charge is -2.28. The molecule has 3 aromatic carbocycles. The van der Waals surface area contributed by atoms with E-state index < -0.39 is 10.1 Å². The van der Waals surface area contributed by atoms with Gasteiger partial charge in [-0.05, 0) is 47.9 Å². The number of carbonyl (C=O) groups excluding carboxylic acids is 1. The van der Waals surface area contributed by atoms with Crippen molar-refractivity contribution in [1.29, 1.82) is 0 Å². The van der Waals surface area contributed by atoms with Gasteiger partial charge >= 0.3 is 0 Å². The third-order valence-electron chi connectivity index (χ3n) is 6.76. The molecule has 1 atom stereocenters. The van der Waals surface area contributed by atoms with Crippen molar-refractivity contribution in [2.24, 2.45) is 12.1 Å². The second-order valence-corrected chi connectivity index (χ2v) is 11.3. The highest BCUT2D eigenvalue weighted by Crippen LogP contribution is 2.45. The van der Waals surface area contributed by atoms with Crippen molar-refractivity contribution < 1.29 is 22.3 Å². The molecule has 40 heavy (non-hydrogen) atoms. The van der Waals surface area contributed by atoms with E-state index in [-0.39, 0.29) is 16.2 Å². The molecule has 8 heteroatoms.